The van der Waals surface area contributed by atoms with Crippen LogP contribution < -0.4 is 10.5 Å². The highest BCUT2D eigenvalue weighted by Gasteiger charge is 2.79. The molecule has 2 aliphatic rings. The Kier molecular flexibility index (Phi) is 14.3. The first-order valence-electron chi connectivity index (χ1n) is 16.9. The Morgan fingerprint density at radius 2 is 1.61 bits per heavy atom. The number of hydrogen-bond acceptors (Lipinski definition) is 8. The van der Waals surface area contributed by atoms with Crippen molar-refractivity contribution in [1.29, 1.82) is 0 Å². The Morgan fingerprint density at radius 1 is 0.963 bits per heavy atom. The van der Waals surface area contributed by atoms with Gasteiger partial charge in [-0.2, -0.15) is 48.3 Å². The lowest BCUT2D eigenvalue weighted by atomic mass is 10.0. The van der Waals surface area contributed by atoms with Crippen LogP contribution in [0.15, 0.2) is 24.3 Å². The third kappa shape index (κ3) is 11.2. The molecule has 9 nitrogen and oxygen atoms in total. The number of nitrogens with one attached hydrogen (secondary N) is 1. The lowest BCUT2D eigenvalue weighted by Crippen LogP contribution is -2.62. The molecule has 0 aliphatic carbocycles. The van der Waals surface area contributed by atoms with Crippen LogP contribution in [0.5, 0.6) is 0 Å². The Labute approximate surface area is 308 Å². The molecule has 1 aromatic carbocycles. The van der Waals surface area contributed by atoms with Crippen LogP contribution in [0.1, 0.15) is 32.1 Å². The maximum Gasteiger partial charge on any atom is 0.462 e. The molecule has 2 heterocycles. The smallest absolute Gasteiger partial charge is 0.438 e. The van der Waals surface area contributed by atoms with E-state index in [1.54, 1.807) is 6.07 Å². The summed E-state index contributed by atoms with van der Waals surface area (Å²) in [5.41, 5.74) is -0.590. The second-order valence-corrected chi connectivity index (χ2v) is 29.3. The molecule has 5 atom stereocenters. The number of carbonyl (C=O) groups excluding carboxylic acids is 3. The number of rotatable bonds is 13. The Balaban J connectivity index is 1.71. The van der Waals surface area contributed by atoms with Gasteiger partial charge in [0.05, 0.1) is 20.4 Å². The fraction of sp³-hybridized carbons (Fsp3) is 0.700. The van der Waals surface area contributed by atoms with Gasteiger partial charge in [0.25, 0.3) is 15.2 Å². The molecule has 24 heteroatoms. The summed E-state index contributed by atoms with van der Waals surface area (Å²) in [7, 11) is -10.1. The molecule has 54 heavy (non-hydrogen) atoms. The molecular formula is C30H42F11NO8Si4. The molecular weight excluding hydrogens is 824 g/mol. The molecule has 0 bridgehead atoms. The van der Waals surface area contributed by atoms with Gasteiger partial charge >= 0.3 is 50.7 Å². The normalized spacial score (nSPS) is 26.6. The van der Waals surface area contributed by atoms with Gasteiger partial charge in [-0.1, -0.05) is 49.3 Å². The molecule has 2 saturated heterocycles. The molecule has 1 aromatic rings. The molecule has 0 saturated carbocycles. The largest absolute Gasteiger partial charge is 0.462 e. The van der Waals surface area contributed by atoms with Crippen LogP contribution in [0.25, 0.3) is 0 Å². The summed E-state index contributed by atoms with van der Waals surface area (Å²) in [6, 6.07) is 7.37. The summed E-state index contributed by atoms with van der Waals surface area (Å²) in [5.74, 6) is -18.3. The number of alkyl halides is 11. The topological polar surface area (TPSA) is 109 Å². The van der Waals surface area contributed by atoms with Gasteiger partial charge in [-0.05, 0) is 62.7 Å². The van der Waals surface area contributed by atoms with Crippen LogP contribution in [-0.2, 0) is 36.5 Å². The molecule has 1 amide bonds. The van der Waals surface area contributed by atoms with E-state index < -0.39 is 93.9 Å². The number of ether oxygens (including phenoxy) is 2. The third-order valence-corrected chi connectivity index (χ3v) is 24.9. The average Bonchev–Trinajstić information content (AvgIpc) is 3.34. The van der Waals surface area contributed by atoms with E-state index in [1.807, 2.05) is 26.2 Å². The second-order valence-electron chi connectivity index (χ2n) is 14.5. The standard InChI is InChI=1S/C30H42F11NO8Si4/c1-51-49-53(4,14-7-6-13-46-54(5,50-51)15-9-10-20-18-23(43)47-24(20)44)17-16-52(2,3)22-12-8-11-21(19-22)42-25(45)26(31,28(34,35)36)48-30(40,41)27(32,33)29(37,38)39/h8,11-12,19-20,51H,6-7,9-10,13-18H2,1-5H3,(H,42,45). The van der Waals surface area contributed by atoms with Crippen molar-refractivity contribution in [3.63, 3.8) is 0 Å². The van der Waals surface area contributed by atoms with Crippen LogP contribution >= 0.6 is 0 Å². The first-order chi connectivity index (χ1) is 24.5. The summed E-state index contributed by atoms with van der Waals surface area (Å²) < 4.78 is 173. The SMILES string of the molecule is C[SiH]1O[Si](C)(CC[Si](C)(C)c2cccc(NC(=O)C(F)(OC(F)(F)C(F)(F)C(F)(F)F)C(F)(F)F)c2)CCCCO[Si](C)(CCCC2CC(=O)OC2=O)O1. The van der Waals surface area contributed by atoms with E-state index in [0.717, 1.165) is 31.0 Å². The number of amides is 1. The summed E-state index contributed by atoms with van der Waals surface area (Å²) >= 11 is 0. The van der Waals surface area contributed by atoms with Crippen molar-refractivity contribution in [2.75, 3.05) is 11.9 Å². The zero-order valence-corrected chi connectivity index (χ0v) is 34.1. The van der Waals surface area contributed by atoms with Crippen molar-refractivity contribution in [2.24, 2.45) is 5.92 Å². The van der Waals surface area contributed by atoms with E-state index in [4.69, 9.17) is 12.7 Å². The molecule has 2 fully saturated rings. The fourth-order valence-electron chi connectivity index (χ4n) is 6.07. The van der Waals surface area contributed by atoms with Gasteiger partial charge in [0.1, 0.15) is 0 Å². The number of carbonyl (C=O) groups is 3. The summed E-state index contributed by atoms with van der Waals surface area (Å²) in [6.45, 7) is 10.1. The summed E-state index contributed by atoms with van der Waals surface area (Å²) in [5, 5.41) is 1.83. The predicted octanol–water partition coefficient (Wildman–Crippen LogP) is 7.79. The third-order valence-electron chi connectivity index (χ3n) is 9.35. The fourth-order valence-corrected chi connectivity index (χ4v) is 23.2. The van der Waals surface area contributed by atoms with Crippen molar-refractivity contribution >= 4 is 63.0 Å². The molecule has 0 radical (unpaired) electrons. The average molecular weight is 866 g/mol. The van der Waals surface area contributed by atoms with Crippen LogP contribution in [0.3, 0.4) is 0 Å². The van der Waals surface area contributed by atoms with Gasteiger partial charge < -0.3 is 22.7 Å². The van der Waals surface area contributed by atoms with E-state index >= 15 is 0 Å². The Morgan fingerprint density at radius 3 is 2.19 bits per heavy atom. The van der Waals surface area contributed by atoms with Crippen LogP contribution in [0.2, 0.25) is 56.9 Å². The maximum atomic E-state index is 14.9. The van der Waals surface area contributed by atoms with Gasteiger partial charge in [0.2, 0.25) is 0 Å². The summed E-state index contributed by atoms with van der Waals surface area (Å²) in [4.78, 5) is 35.7. The van der Waals surface area contributed by atoms with Gasteiger partial charge in [0, 0.05) is 12.3 Å². The predicted molar refractivity (Wildman–Crippen MR) is 180 cm³/mol. The molecule has 3 rings (SSSR count). The number of benzene rings is 1. The number of hydrogen-bond donors (Lipinski definition) is 1. The van der Waals surface area contributed by atoms with E-state index in [1.165, 1.54) is 11.4 Å². The lowest BCUT2D eigenvalue weighted by molar-refractivity contribution is -0.472. The first kappa shape index (κ1) is 46.2. The Hall–Kier alpha value is -2.23. The van der Waals surface area contributed by atoms with Crippen molar-refractivity contribution in [1.82, 2.24) is 0 Å². The quantitative estimate of drug-likeness (QED) is 0.0928. The molecule has 308 valence electrons. The molecule has 0 spiro atoms. The van der Waals surface area contributed by atoms with Crippen molar-refractivity contribution in [3.05, 3.63) is 24.3 Å². The van der Waals surface area contributed by atoms with Crippen molar-refractivity contribution < 1.29 is 84.8 Å². The molecule has 1 N–H and O–H groups in total. The van der Waals surface area contributed by atoms with Crippen LogP contribution in [-0.4, -0.2) is 88.9 Å². The minimum absolute atomic E-state index is 0.0422. The van der Waals surface area contributed by atoms with Gasteiger partial charge in [-0.25, -0.2) is 0 Å². The molecule has 2 aliphatic heterocycles. The van der Waals surface area contributed by atoms with E-state index in [0.29, 0.717) is 42.8 Å². The van der Waals surface area contributed by atoms with Gasteiger partial charge in [0.15, 0.2) is 8.32 Å². The number of esters is 2. The summed E-state index contributed by atoms with van der Waals surface area (Å²) in [6.07, 6.45) is -18.5. The minimum atomic E-state index is -7.30. The van der Waals surface area contributed by atoms with Crippen LogP contribution in [0.4, 0.5) is 54.0 Å². The highest BCUT2D eigenvalue weighted by atomic mass is 28.5. The van der Waals surface area contributed by atoms with Crippen molar-refractivity contribution in [2.45, 2.75) is 119 Å². The van der Waals surface area contributed by atoms with Gasteiger partial charge in [-0.3, -0.25) is 19.1 Å². The van der Waals surface area contributed by atoms with Gasteiger partial charge in [-0.15, -0.1) is 0 Å². The zero-order valence-electron chi connectivity index (χ0n) is 30.0. The number of cyclic esters (lactones) is 2. The molecule has 5 unspecified atom stereocenters. The Bertz CT molecular complexity index is 1520. The molecule has 0 aromatic heterocycles. The second kappa shape index (κ2) is 16.7. The van der Waals surface area contributed by atoms with E-state index in [9.17, 15) is 62.7 Å². The number of halogens is 11. The van der Waals surface area contributed by atoms with E-state index in [-0.39, 0.29) is 6.42 Å². The first-order valence-corrected chi connectivity index (χ1v) is 27.6. The number of anilines is 1. The minimum Gasteiger partial charge on any atom is -0.438 e. The highest BCUT2D eigenvalue weighted by Crippen LogP contribution is 2.51. The van der Waals surface area contributed by atoms with E-state index in [2.05, 4.69) is 16.0 Å². The highest BCUT2D eigenvalue weighted by molar-refractivity contribution is 6.91. The zero-order chi connectivity index (χ0) is 41.2. The van der Waals surface area contributed by atoms with Crippen LogP contribution in [0, 0.1) is 5.92 Å². The lowest BCUT2D eigenvalue weighted by Gasteiger charge is -2.38. The maximum absolute atomic E-state index is 14.9. The van der Waals surface area contributed by atoms with Crippen molar-refractivity contribution in [3.8, 4) is 0 Å². The monoisotopic (exact) mass is 865 g/mol.